The summed E-state index contributed by atoms with van der Waals surface area (Å²) in [6.45, 7) is 7.44. The second-order valence-corrected chi connectivity index (χ2v) is 8.38. The predicted octanol–water partition coefficient (Wildman–Crippen LogP) is 2.87. The van der Waals surface area contributed by atoms with E-state index < -0.39 is 26.6 Å². The van der Waals surface area contributed by atoms with Crippen molar-refractivity contribution in [2.75, 3.05) is 12.3 Å². The molecule has 1 aromatic carbocycles. The fourth-order valence-electron chi connectivity index (χ4n) is 2.95. The zero-order chi connectivity index (χ0) is 17.4. The summed E-state index contributed by atoms with van der Waals surface area (Å²) >= 11 is 0. The maximum atomic E-state index is 12.4. The number of nitro benzene ring substituents is 1. The Balaban J connectivity index is 2.60. The highest BCUT2D eigenvalue weighted by atomic mass is 32.2. The molecule has 0 spiro atoms. The first kappa shape index (κ1) is 17.7. The van der Waals surface area contributed by atoms with Gasteiger partial charge in [-0.15, -0.1) is 0 Å². The number of ether oxygens (including phenoxy) is 1. The molecule has 128 valence electrons. The maximum absolute atomic E-state index is 12.4. The summed E-state index contributed by atoms with van der Waals surface area (Å²) in [5.74, 6) is 0.490. The van der Waals surface area contributed by atoms with Gasteiger partial charge in [0.15, 0.2) is 0 Å². The molecule has 0 fully saturated rings. The van der Waals surface area contributed by atoms with E-state index in [0.29, 0.717) is 24.3 Å². The lowest BCUT2D eigenvalue weighted by Gasteiger charge is -2.41. The minimum absolute atomic E-state index is 0.0110. The molecule has 0 aromatic heterocycles. The average Bonchev–Trinajstić information content (AvgIpc) is 2.46. The Kier molecular flexibility index (Phi) is 4.68. The van der Waals surface area contributed by atoms with E-state index >= 15 is 0 Å². The first-order valence-electron chi connectivity index (χ1n) is 7.58. The van der Waals surface area contributed by atoms with Gasteiger partial charge in [-0.2, -0.15) is 4.31 Å². The lowest BCUT2D eigenvalue weighted by atomic mass is 9.89. The Labute approximate surface area is 136 Å². The first-order chi connectivity index (χ1) is 10.6. The van der Waals surface area contributed by atoms with E-state index in [1.165, 1.54) is 16.4 Å². The number of rotatable bonds is 5. The Morgan fingerprint density at radius 1 is 1.39 bits per heavy atom. The Hall–Kier alpha value is -1.67. The molecule has 1 aliphatic heterocycles. The Bertz CT molecular complexity index is 715. The number of hydrogen-bond acceptors (Lipinski definition) is 5. The molecule has 7 nitrogen and oxygen atoms in total. The molecule has 0 radical (unpaired) electrons. The van der Waals surface area contributed by atoms with Crippen molar-refractivity contribution in [3.63, 3.8) is 0 Å². The molecule has 1 aliphatic rings. The molecule has 0 amide bonds. The summed E-state index contributed by atoms with van der Waals surface area (Å²) in [5, 5.41) is 11.0. The lowest BCUT2D eigenvalue weighted by Crippen LogP contribution is -2.44. The fraction of sp³-hybridized carbons (Fsp3) is 0.600. The Morgan fingerprint density at radius 3 is 2.57 bits per heavy atom. The molecule has 23 heavy (non-hydrogen) atoms. The van der Waals surface area contributed by atoms with Gasteiger partial charge in [-0.3, -0.25) is 10.1 Å². The highest BCUT2D eigenvalue weighted by Crippen LogP contribution is 2.44. The molecule has 0 saturated heterocycles. The van der Waals surface area contributed by atoms with Crippen molar-refractivity contribution in [3.8, 4) is 5.75 Å². The zero-order valence-corrected chi connectivity index (χ0v) is 14.6. The largest absolute Gasteiger partial charge is 0.487 e. The van der Waals surface area contributed by atoms with Gasteiger partial charge in [0, 0.05) is 30.7 Å². The molecule has 0 bridgehead atoms. The molecular weight excluding hydrogens is 320 g/mol. The molecule has 2 rings (SSSR count). The molecule has 0 N–H and O–H groups in total. The summed E-state index contributed by atoms with van der Waals surface area (Å²) in [6, 6.07) is 3.88. The summed E-state index contributed by atoms with van der Waals surface area (Å²) < 4.78 is 32.1. The lowest BCUT2D eigenvalue weighted by molar-refractivity contribution is -0.385. The highest BCUT2D eigenvalue weighted by molar-refractivity contribution is 7.89. The van der Waals surface area contributed by atoms with E-state index in [1.807, 2.05) is 13.8 Å². The van der Waals surface area contributed by atoms with Crippen LogP contribution in [0, 0.1) is 10.1 Å². The van der Waals surface area contributed by atoms with Gasteiger partial charge in [-0.05, 0) is 26.8 Å². The van der Waals surface area contributed by atoms with Crippen molar-refractivity contribution >= 4 is 15.7 Å². The Morgan fingerprint density at radius 2 is 2.04 bits per heavy atom. The first-order valence-corrected chi connectivity index (χ1v) is 9.19. The molecular formula is C15H22N2O5S. The second kappa shape index (κ2) is 6.09. The number of nitro groups is 1. The van der Waals surface area contributed by atoms with Crippen molar-refractivity contribution in [2.45, 2.75) is 45.8 Å². The summed E-state index contributed by atoms with van der Waals surface area (Å²) in [6.07, 6.45) is 0.439. The number of non-ortho nitro benzene ring substituents is 1. The van der Waals surface area contributed by atoms with Crippen molar-refractivity contribution < 1.29 is 18.1 Å². The number of sulfonamides is 1. The maximum Gasteiger partial charge on any atom is 0.270 e. The minimum Gasteiger partial charge on any atom is -0.487 e. The van der Waals surface area contributed by atoms with Crippen LogP contribution in [0.15, 0.2) is 18.2 Å². The molecule has 0 aliphatic carbocycles. The quantitative estimate of drug-likeness (QED) is 0.606. The van der Waals surface area contributed by atoms with E-state index in [0.717, 1.165) is 0 Å². The van der Waals surface area contributed by atoms with E-state index in [1.54, 1.807) is 19.9 Å². The summed E-state index contributed by atoms with van der Waals surface area (Å²) in [4.78, 5) is 10.6. The predicted molar refractivity (Wildman–Crippen MR) is 87.0 cm³/mol. The van der Waals surface area contributed by atoms with Crippen LogP contribution >= 0.6 is 0 Å². The highest BCUT2D eigenvalue weighted by Gasteiger charge is 2.40. The van der Waals surface area contributed by atoms with Crippen LogP contribution in [-0.4, -0.2) is 35.5 Å². The van der Waals surface area contributed by atoms with Crippen LogP contribution in [-0.2, 0) is 10.0 Å². The number of hydrogen-bond donors (Lipinski definition) is 0. The van der Waals surface area contributed by atoms with Gasteiger partial charge in [0.1, 0.15) is 11.4 Å². The summed E-state index contributed by atoms with van der Waals surface area (Å²) in [7, 11) is -3.43. The average molecular weight is 342 g/mol. The second-order valence-electron chi connectivity index (χ2n) is 6.16. The van der Waals surface area contributed by atoms with E-state index in [9.17, 15) is 18.5 Å². The normalized spacial score (nSPS) is 20.0. The van der Waals surface area contributed by atoms with Gasteiger partial charge in [0.25, 0.3) is 5.69 Å². The van der Waals surface area contributed by atoms with E-state index in [4.69, 9.17) is 4.74 Å². The van der Waals surface area contributed by atoms with Gasteiger partial charge in [0.05, 0.1) is 16.7 Å². The third-order valence-electron chi connectivity index (χ3n) is 4.02. The van der Waals surface area contributed by atoms with Crippen molar-refractivity contribution in [2.24, 2.45) is 0 Å². The van der Waals surface area contributed by atoms with Crippen LogP contribution in [0.3, 0.4) is 0 Å². The van der Waals surface area contributed by atoms with Crippen LogP contribution < -0.4 is 4.74 Å². The molecule has 1 atom stereocenters. The number of nitrogens with zero attached hydrogens (tertiary/aromatic N) is 2. The van der Waals surface area contributed by atoms with Crippen molar-refractivity contribution in [1.82, 2.24) is 4.31 Å². The van der Waals surface area contributed by atoms with Crippen molar-refractivity contribution in [1.29, 1.82) is 0 Å². The minimum atomic E-state index is -3.43. The standard InChI is InChI=1S/C15H22N2O5S/c1-5-16(23(20,21)6-2)13-10-15(3,4)22-14-8-7-11(17(18)19)9-12(13)14/h7-9,13H,5-6,10H2,1-4H3. The molecule has 8 heteroatoms. The fourth-order valence-corrected chi connectivity index (χ4v) is 4.25. The van der Waals surface area contributed by atoms with Crippen LogP contribution in [0.2, 0.25) is 0 Å². The smallest absolute Gasteiger partial charge is 0.270 e. The third-order valence-corrected chi connectivity index (χ3v) is 5.97. The van der Waals surface area contributed by atoms with Crippen LogP contribution in [0.25, 0.3) is 0 Å². The van der Waals surface area contributed by atoms with Gasteiger partial charge in [0.2, 0.25) is 10.0 Å². The van der Waals surface area contributed by atoms with E-state index in [2.05, 4.69) is 0 Å². The van der Waals surface area contributed by atoms with Gasteiger partial charge >= 0.3 is 0 Å². The molecule has 1 unspecified atom stereocenters. The van der Waals surface area contributed by atoms with E-state index in [-0.39, 0.29) is 11.4 Å². The monoisotopic (exact) mass is 342 g/mol. The van der Waals surface area contributed by atoms with Gasteiger partial charge < -0.3 is 4.74 Å². The van der Waals surface area contributed by atoms with Crippen molar-refractivity contribution in [3.05, 3.63) is 33.9 Å². The zero-order valence-electron chi connectivity index (χ0n) is 13.8. The topological polar surface area (TPSA) is 89.8 Å². The van der Waals surface area contributed by atoms with Gasteiger partial charge in [-0.1, -0.05) is 6.92 Å². The van der Waals surface area contributed by atoms with Gasteiger partial charge in [-0.25, -0.2) is 8.42 Å². The van der Waals surface area contributed by atoms with Crippen LogP contribution in [0.1, 0.15) is 45.7 Å². The number of benzene rings is 1. The summed E-state index contributed by atoms with van der Waals surface area (Å²) in [5.41, 5.74) is -0.0655. The molecule has 0 saturated carbocycles. The third kappa shape index (κ3) is 3.48. The van der Waals surface area contributed by atoms with Crippen LogP contribution in [0.4, 0.5) is 5.69 Å². The SMILES string of the molecule is CCN(C1CC(C)(C)Oc2ccc([N+](=O)[O-])cc21)S(=O)(=O)CC. The molecule has 1 aromatic rings. The molecule has 1 heterocycles. The number of fused-ring (bicyclic) bond motifs is 1. The van der Waals surface area contributed by atoms with Crippen LogP contribution in [0.5, 0.6) is 5.75 Å².